The summed E-state index contributed by atoms with van der Waals surface area (Å²) in [5.41, 5.74) is 1.13. The van der Waals surface area contributed by atoms with Gasteiger partial charge in [0.25, 0.3) is 5.91 Å². The summed E-state index contributed by atoms with van der Waals surface area (Å²) in [5, 5.41) is 8.68. The van der Waals surface area contributed by atoms with Crippen LogP contribution in [-0.4, -0.2) is 41.6 Å². The number of ether oxygens (including phenoxy) is 1. The first-order valence-electron chi connectivity index (χ1n) is 6.28. The molecule has 0 aliphatic rings. The molecule has 0 aromatic heterocycles. The Balaban J connectivity index is 2.54. The summed E-state index contributed by atoms with van der Waals surface area (Å²) < 4.78 is 5.39. The number of aliphatic carboxylic acids is 1. The van der Waals surface area contributed by atoms with Gasteiger partial charge in [0, 0.05) is 6.54 Å². The standard InChI is InChI=1S/C14H19NO4/c1-3-11-6-5-7-12(8-11)19-10-13(16)15(4-2)9-14(17)18/h5-8H,3-4,9-10H2,1-2H3,(H,17,18). The van der Waals surface area contributed by atoms with Crippen LogP contribution in [0.25, 0.3) is 0 Å². The predicted molar refractivity (Wildman–Crippen MR) is 71.2 cm³/mol. The topological polar surface area (TPSA) is 66.8 Å². The number of rotatable bonds is 7. The van der Waals surface area contributed by atoms with Crippen LogP contribution in [0.3, 0.4) is 0 Å². The number of carboxylic acid groups (broad SMARTS) is 1. The van der Waals surface area contributed by atoms with Crippen LogP contribution < -0.4 is 4.74 Å². The van der Waals surface area contributed by atoms with Gasteiger partial charge in [0.05, 0.1) is 0 Å². The second-order valence-electron chi connectivity index (χ2n) is 4.09. The zero-order valence-corrected chi connectivity index (χ0v) is 11.3. The van der Waals surface area contributed by atoms with Gasteiger partial charge in [-0.1, -0.05) is 19.1 Å². The van der Waals surface area contributed by atoms with Gasteiger partial charge < -0.3 is 14.7 Å². The Kier molecular flexibility index (Phi) is 5.85. The summed E-state index contributed by atoms with van der Waals surface area (Å²) in [7, 11) is 0. The van der Waals surface area contributed by atoms with Crippen LogP contribution in [0.15, 0.2) is 24.3 Å². The van der Waals surface area contributed by atoms with Crippen LogP contribution in [-0.2, 0) is 16.0 Å². The maximum atomic E-state index is 11.8. The van der Waals surface area contributed by atoms with Gasteiger partial charge in [-0.25, -0.2) is 0 Å². The van der Waals surface area contributed by atoms with E-state index in [1.807, 2.05) is 25.1 Å². The van der Waals surface area contributed by atoms with E-state index in [4.69, 9.17) is 9.84 Å². The number of hydrogen-bond donors (Lipinski definition) is 1. The van der Waals surface area contributed by atoms with Crippen molar-refractivity contribution >= 4 is 11.9 Å². The summed E-state index contributed by atoms with van der Waals surface area (Å²) in [6, 6.07) is 7.51. The zero-order valence-electron chi connectivity index (χ0n) is 11.3. The summed E-state index contributed by atoms with van der Waals surface area (Å²) in [5.74, 6) is -0.728. The average molecular weight is 265 g/mol. The molecule has 1 rings (SSSR count). The maximum absolute atomic E-state index is 11.8. The normalized spacial score (nSPS) is 10.0. The second-order valence-corrected chi connectivity index (χ2v) is 4.09. The van der Waals surface area contributed by atoms with Crippen molar-refractivity contribution in [2.24, 2.45) is 0 Å². The molecule has 0 radical (unpaired) electrons. The molecule has 0 bridgehead atoms. The van der Waals surface area contributed by atoms with Crippen molar-refractivity contribution in [3.63, 3.8) is 0 Å². The van der Waals surface area contributed by atoms with Crippen molar-refractivity contribution in [2.45, 2.75) is 20.3 Å². The summed E-state index contributed by atoms with van der Waals surface area (Å²) in [6.45, 7) is 3.68. The van der Waals surface area contributed by atoms with Crippen LogP contribution in [0.1, 0.15) is 19.4 Å². The van der Waals surface area contributed by atoms with Crippen molar-refractivity contribution in [1.29, 1.82) is 0 Å². The van der Waals surface area contributed by atoms with Crippen molar-refractivity contribution in [3.05, 3.63) is 29.8 Å². The van der Waals surface area contributed by atoms with E-state index in [9.17, 15) is 9.59 Å². The highest BCUT2D eigenvalue weighted by Crippen LogP contribution is 2.13. The first kappa shape index (κ1) is 15.0. The highest BCUT2D eigenvalue weighted by Gasteiger charge is 2.15. The molecule has 0 fully saturated rings. The van der Waals surface area contributed by atoms with E-state index in [0.29, 0.717) is 12.3 Å². The number of likely N-dealkylation sites (N-methyl/N-ethyl adjacent to an activating group) is 1. The first-order valence-corrected chi connectivity index (χ1v) is 6.28. The average Bonchev–Trinajstić information content (AvgIpc) is 2.42. The molecule has 0 aliphatic heterocycles. The molecule has 1 aromatic rings. The van der Waals surface area contributed by atoms with Gasteiger partial charge in [0.2, 0.25) is 0 Å². The molecular formula is C14H19NO4. The van der Waals surface area contributed by atoms with E-state index in [2.05, 4.69) is 0 Å². The quantitative estimate of drug-likeness (QED) is 0.812. The summed E-state index contributed by atoms with van der Waals surface area (Å²) in [4.78, 5) is 23.6. The van der Waals surface area contributed by atoms with E-state index in [-0.39, 0.29) is 19.1 Å². The predicted octanol–water partition coefficient (Wildman–Crippen LogP) is 1.56. The van der Waals surface area contributed by atoms with Crippen molar-refractivity contribution in [2.75, 3.05) is 19.7 Å². The lowest BCUT2D eigenvalue weighted by molar-refractivity contribution is -0.145. The van der Waals surface area contributed by atoms with Crippen LogP contribution in [0.4, 0.5) is 0 Å². The highest BCUT2D eigenvalue weighted by atomic mass is 16.5. The number of carbonyl (C=O) groups excluding carboxylic acids is 1. The molecule has 104 valence electrons. The smallest absolute Gasteiger partial charge is 0.323 e. The fourth-order valence-electron chi connectivity index (χ4n) is 1.63. The van der Waals surface area contributed by atoms with Gasteiger partial charge in [-0.2, -0.15) is 0 Å². The lowest BCUT2D eigenvalue weighted by Crippen LogP contribution is -2.38. The summed E-state index contributed by atoms with van der Waals surface area (Å²) >= 11 is 0. The minimum absolute atomic E-state index is 0.145. The Morgan fingerprint density at radius 3 is 2.63 bits per heavy atom. The molecular weight excluding hydrogens is 246 g/mol. The van der Waals surface area contributed by atoms with Gasteiger partial charge in [-0.3, -0.25) is 9.59 Å². The van der Waals surface area contributed by atoms with Crippen LogP contribution in [0, 0.1) is 0 Å². The molecule has 0 saturated carbocycles. The number of nitrogens with zero attached hydrogens (tertiary/aromatic N) is 1. The zero-order chi connectivity index (χ0) is 14.3. The van der Waals surface area contributed by atoms with Crippen molar-refractivity contribution < 1.29 is 19.4 Å². The van der Waals surface area contributed by atoms with Crippen LogP contribution >= 0.6 is 0 Å². The van der Waals surface area contributed by atoms with E-state index >= 15 is 0 Å². The molecule has 0 saturated heterocycles. The van der Waals surface area contributed by atoms with Crippen molar-refractivity contribution in [1.82, 2.24) is 4.90 Å². The van der Waals surface area contributed by atoms with E-state index in [1.165, 1.54) is 4.90 Å². The fourth-order valence-corrected chi connectivity index (χ4v) is 1.63. The lowest BCUT2D eigenvalue weighted by Gasteiger charge is -2.18. The molecule has 1 amide bonds. The molecule has 0 aliphatic carbocycles. The Hall–Kier alpha value is -2.04. The minimum Gasteiger partial charge on any atom is -0.484 e. The maximum Gasteiger partial charge on any atom is 0.323 e. The number of benzene rings is 1. The third-order valence-corrected chi connectivity index (χ3v) is 2.73. The number of carbonyl (C=O) groups is 2. The molecule has 0 unspecified atom stereocenters. The molecule has 0 atom stereocenters. The van der Waals surface area contributed by atoms with E-state index in [1.54, 1.807) is 13.0 Å². The van der Waals surface area contributed by atoms with Crippen LogP contribution in [0.2, 0.25) is 0 Å². The van der Waals surface area contributed by atoms with E-state index < -0.39 is 5.97 Å². The molecule has 5 heteroatoms. The molecule has 1 N–H and O–H groups in total. The number of amides is 1. The number of carboxylic acids is 1. The van der Waals surface area contributed by atoms with Gasteiger partial charge >= 0.3 is 5.97 Å². The molecule has 1 aromatic carbocycles. The molecule has 19 heavy (non-hydrogen) atoms. The first-order chi connectivity index (χ1) is 9.06. The SMILES string of the molecule is CCc1cccc(OCC(=O)N(CC)CC(=O)O)c1. The highest BCUT2D eigenvalue weighted by molar-refractivity contribution is 5.82. The largest absolute Gasteiger partial charge is 0.484 e. The second kappa shape index (κ2) is 7.41. The third kappa shape index (κ3) is 4.99. The number of aryl methyl sites for hydroxylation is 1. The number of hydrogen-bond acceptors (Lipinski definition) is 3. The Labute approximate surface area is 112 Å². The molecule has 0 heterocycles. The monoisotopic (exact) mass is 265 g/mol. The Morgan fingerprint density at radius 1 is 1.32 bits per heavy atom. The Bertz CT molecular complexity index is 445. The van der Waals surface area contributed by atoms with E-state index in [0.717, 1.165) is 12.0 Å². The van der Waals surface area contributed by atoms with Crippen LogP contribution in [0.5, 0.6) is 5.75 Å². The van der Waals surface area contributed by atoms with Gasteiger partial charge in [0.15, 0.2) is 6.61 Å². The third-order valence-electron chi connectivity index (χ3n) is 2.73. The van der Waals surface area contributed by atoms with Crippen molar-refractivity contribution in [3.8, 4) is 5.75 Å². The summed E-state index contributed by atoms with van der Waals surface area (Å²) in [6.07, 6.45) is 0.894. The lowest BCUT2D eigenvalue weighted by atomic mass is 10.2. The fraction of sp³-hybridized carbons (Fsp3) is 0.429. The van der Waals surface area contributed by atoms with Gasteiger partial charge in [-0.05, 0) is 31.0 Å². The minimum atomic E-state index is -1.02. The van der Waals surface area contributed by atoms with Gasteiger partial charge in [0.1, 0.15) is 12.3 Å². The Morgan fingerprint density at radius 2 is 2.05 bits per heavy atom. The molecule has 0 spiro atoms. The molecule has 5 nitrogen and oxygen atoms in total. The van der Waals surface area contributed by atoms with Gasteiger partial charge in [-0.15, -0.1) is 0 Å².